The van der Waals surface area contributed by atoms with Gasteiger partial charge in [-0.25, -0.2) is 4.79 Å². The van der Waals surface area contributed by atoms with Crippen molar-refractivity contribution in [2.75, 3.05) is 6.61 Å². The van der Waals surface area contributed by atoms with Gasteiger partial charge in [-0.3, -0.25) is 19.3 Å². The van der Waals surface area contributed by atoms with Crippen molar-refractivity contribution in [3.05, 3.63) is 67.1 Å². The zero-order valence-electron chi connectivity index (χ0n) is 19.0. The maximum Gasteiger partial charge on any atom is 0.329 e. The monoisotopic (exact) mass is 558 g/mol. The Morgan fingerprint density at radius 2 is 1.40 bits per heavy atom. The van der Waals surface area contributed by atoms with Crippen LogP contribution in [0, 0.1) is 5.92 Å². The quantitative estimate of drug-likeness (QED) is 0.193. The summed E-state index contributed by atoms with van der Waals surface area (Å²) in [5, 5.41) is 1.92. The highest BCUT2D eigenvalue weighted by Crippen LogP contribution is 2.45. The van der Waals surface area contributed by atoms with Crippen LogP contribution in [0.25, 0.3) is 0 Å². The van der Waals surface area contributed by atoms with Gasteiger partial charge < -0.3 is 10.1 Å². The lowest BCUT2D eigenvalue weighted by Crippen LogP contribution is -2.47. The first kappa shape index (κ1) is 27.3. The number of imide groups is 1. The lowest BCUT2D eigenvalue weighted by Gasteiger charge is -2.26. The summed E-state index contributed by atoms with van der Waals surface area (Å²) in [6.45, 7) is 4.81. The van der Waals surface area contributed by atoms with Gasteiger partial charge in [0, 0.05) is 0 Å². The van der Waals surface area contributed by atoms with Crippen LogP contribution in [0.4, 0.5) is 0 Å². The number of carbonyl (C=O) groups is 4. The number of esters is 1. The minimum atomic E-state index is -1.31. The van der Waals surface area contributed by atoms with E-state index in [2.05, 4.69) is 5.32 Å². The molecule has 0 fully saturated rings. The molecule has 2 aromatic carbocycles. The van der Waals surface area contributed by atoms with E-state index in [1.54, 1.807) is 20.8 Å². The highest BCUT2D eigenvalue weighted by atomic mass is 35.5. The first-order valence-electron chi connectivity index (χ1n) is 10.7. The normalized spacial score (nSPS) is 14.7. The lowest BCUT2D eigenvalue weighted by atomic mass is 10.0. The second-order valence-electron chi connectivity index (χ2n) is 8.44. The summed E-state index contributed by atoms with van der Waals surface area (Å²) in [5.41, 5.74) is 0.418. The molecule has 2 atom stereocenters. The van der Waals surface area contributed by atoms with E-state index >= 15 is 0 Å². The van der Waals surface area contributed by atoms with Crippen LogP contribution in [0.15, 0.2) is 30.3 Å². The molecule has 0 bridgehead atoms. The topological polar surface area (TPSA) is 92.8 Å². The molecule has 1 heterocycles. The molecule has 35 heavy (non-hydrogen) atoms. The number of nitrogens with zero attached hydrogens (tertiary/aromatic N) is 1. The van der Waals surface area contributed by atoms with Crippen LogP contribution in [0.3, 0.4) is 0 Å². The number of fused-ring (bicyclic) bond motifs is 1. The van der Waals surface area contributed by atoms with Crippen LogP contribution in [-0.2, 0) is 14.3 Å². The van der Waals surface area contributed by atoms with Crippen LogP contribution in [0.5, 0.6) is 0 Å². The van der Waals surface area contributed by atoms with Crippen molar-refractivity contribution in [3.63, 3.8) is 0 Å². The Kier molecular flexibility index (Phi) is 8.70. The average Bonchev–Trinajstić information content (AvgIpc) is 3.08. The second-order valence-corrected chi connectivity index (χ2v) is 9.95. The van der Waals surface area contributed by atoms with Gasteiger partial charge in [0.25, 0.3) is 17.7 Å². The standard InChI is InChI=1S/C24H22Cl4N2O5/c1-11(2)9-14(24(34)35-10-15(31)29-12(3)13-7-5-4-6-8-13)30-22(32)16-17(23(30)33)19(26)21(28)20(27)18(16)25/h4-8,11-12,14H,9-10H2,1-3H3,(H,29,31)/t12-,14+/m1/s1. The molecule has 2 aromatic rings. The number of benzene rings is 2. The molecule has 11 heteroatoms. The summed E-state index contributed by atoms with van der Waals surface area (Å²) >= 11 is 24.5. The van der Waals surface area contributed by atoms with Crippen molar-refractivity contribution >= 4 is 70.1 Å². The SMILES string of the molecule is CC(C)C[C@@H](C(=O)OCC(=O)N[C@H](C)c1ccccc1)N1C(=O)c2c(Cl)c(Cl)c(Cl)c(Cl)c2C1=O. The smallest absolute Gasteiger partial charge is 0.329 e. The van der Waals surface area contributed by atoms with E-state index in [-0.39, 0.29) is 49.6 Å². The number of halogens is 4. The van der Waals surface area contributed by atoms with Gasteiger partial charge in [-0.1, -0.05) is 90.6 Å². The third kappa shape index (κ3) is 5.59. The van der Waals surface area contributed by atoms with Crippen molar-refractivity contribution in [1.29, 1.82) is 0 Å². The molecule has 0 saturated carbocycles. The fourth-order valence-electron chi connectivity index (χ4n) is 3.74. The third-order valence-electron chi connectivity index (χ3n) is 5.43. The molecular formula is C24H22Cl4N2O5. The second kappa shape index (κ2) is 11.2. The van der Waals surface area contributed by atoms with E-state index in [1.165, 1.54) is 0 Å². The maximum absolute atomic E-state index is 13.2. The van der Waals surface area contributed by atoms with Gasteiger partial charge in [-0.15, -0.1) is 0 Å². The van der Waals surface area contributed by atoms with Crippen LogP contribution in [0.1, 0.15) is 59.5 Å². The van der Waals surface area contributed by atoms with Gasteiger partial charge in [0.15, 0.2) is 6.61 Å². The zero-order chi connectivity index (χ0) is 26.0. The molecule has 1 aliphatic rings. The Labute approximate surface area is 222 Å². The van der Waals surface area contributed by atoms with E-state index in [0.29, 0.717) is 0 Å². The highest BCUT2D eigenvalue weighted by molar-refractivity contribution is 6.55. The summed E-state index contributed by atoms with van der Waals surface area (Å²) in [7, 11) is 0. The number of hydrogen-bond acceptors (Lipinski definition) is 5. The van der Waals surface area contributed by atoms with Crippen LogP contribution >= 0.6 is 46.4 Å². The number of nitrogens with one attached hydrogen (secondary N) is 1. The van der Waals surface area contributed by atoms with Crippen molar-refractivity contribution in [2.45, 2.75) is 39.3 Å². The molecule has 0 radical (unpaired) electrons. The van der Waals surface area contributed by atoms with Gasteiger partial charge in [0.05, 0.1) is 37.3 Å². The van der Waals surface area contributed by atoms with E-state index in [1.807, 2.05) is 30.3 Å². The van der Waals surface area contributed by atoms with Crippen molar-refractivity contribution in [3.8, 4) is 0 Å². The molecule has 0 spiro atoms. The lowest BCUT2D eigenvalue weighted by molar-refractivity contribution is -0.153. The van der Waals surface area contributed by atoms with Crippen LogP contribution in [-0.4, -0.2) is 41.2 Å². The van der Waals surface area contributed by atoms with Gasteiger partial charge in [-0.05, 0) is 24.8 Å². The highest BCUT2D eigenvalue weighted by Gasteiger charge is 2.47. The van der Waals surface area contributed by atoms with E-state index in [9.17, 15) is 19.2 Å². The summed E-state index contributed by atoms with van der Waals surface area (Å²) in [4.78, 5) is 52.5. The number of hydrogen-bond donors (Lipinski definition) is 1. The molecule has 3 amide bonds. The maximum atomic E-state index is 13.2. The predicted molar refractivity (Wildman–Crippen MR) is 134 cm³/mol. The summed E-state index contributed by atoms with van der Waals surface area (Å²) in [5.74, 6) is -3.26. The van der Waals surface area contributed by atoms with E-state index in [0.717, 1.165) is 10.5 Å². The molecule has 0 saturated heterocycles. The molecule has 1 aliphatic heterocycles. The number of ether oxygens (including phenoxy) is 1. The largest absolute Gasteiger partial charge is 0.454 e. The Bertz CT molecular complexity index is 1140. The predicted octanol–water partition coefficient (Wildman–Crippen LogP) is 5.73. The average molecular weight is 560 g/mol. The van der Waals surface area contributed by atoms with Crippen LogP contribution < -0.4 is 5.32 Å². The first-order valence-corrected chi connectivity index (χ1v) is 12.2. The Morgan fingerprint density at radius 3 is 1.89 bits per heavy atom. The number of amides is 3. The van der Waals surface area contributed by atoms with Gasteiger partial charge >= 0.3 is 5.97 Å². The van der Waals surface area contributed by atoms with Gasteiger partial charge in [0.1, 0.15) is 6.04 Å². The Morgan fingerprint density at radius 1 is 0.886 bits per heavy atom. The molecule has 0 aliphatic carbocycles. The molecular weight excluding hydrogens is 538 g/mol. The van der Waals surface area contributed by atoms with Gasteiger partial charge in [0.2, 0.25) is 0 Å². The van der Waals surface area contributed by atoms with Gasteiger partial charge in [-0.2, -0.15) is 0 Å². The zero-order valence-corrected chi connectivity index (χ0v) is 22.1. The third-order valence-corrected chi connectivity index (χ3v) is 7.24. The van der Waals surface area contributed by atoms with E-state index in [4.69, 9.17) is 51.1 Å². The fraction of sp³-hybridized carbons (Fsp3) is 0.333. The van der Waals surface area contributed by atoms with Crippen molar-refractivity contribution in [1.82, 2.24) is 10.2 Å². The molecule has 0 aromatic heterocycles. The first-order chi connectivity index (χ1) is 16.5. The summed E-state index contributed by atoms with van der Waals surface area (Å²) < 4.78 is 5.20. The minimum Gasteiger partial charge on any atom is -0.454 e. The molecule has 0 unspecified atom stereocenters. The molecule has 7 nitrogen and oxygen atoms in total. The molecule has 1 N–H and O–H groups in total. The summed E-state index contributed by atoms with van der Waals surface area (Å²) in [6, 6.07) is 7.62. The molecule has 186 valence electrons. The summed E-state index contributed by atoms with van der Waals surface area (Å²) in [6.07, 6.45) is 0.0864. The Balaban J connectivity index is 1.79. The van der Waals surface area contributed by atoms with Crippen molar-refractivity contribution in [2.24, 2.45) is 5.92 Å². The van der Waals surface area contributed by atoms with E-state index < -0.39 is 36.3 Å². The Hall–Kier alpha value is -2.32. The number of rotatable bonds is 8. The fourth-order valence-corrected chi connectivity index (χ4v) is 4.76. The van der Waals surface area contributed by atoms with Crippen LogP contribution in [0.2, 0.25) is 20.1 Å². The van der Waals surface area contributed by atoms with Crippen molar-refractivity contribution < 1.29 is 23.9 Å². The minimum absolute atomic E-state index is 0.0864. The number of carbonyl (C=O) groups excluding carboxylic acids is 4. The molecule has 3 rings (SSSR count).